The van der Waals surface area contributed by atoms with Gasteiger partial charge in [-0.15, -0.1) is 11.6 Å². The monoisotopic (exact) mass is 297 g/mol. The third-order valence-corrected chi connectivity index (χ3v) is 3.09. The molecule has 0 aliphatic rings. The van der Waals surface area contributed by atoms with Gasteiger partial charge in [0, 0.05) is 11.3 Å². The second kappa shape index (κ2) is 5.92. The normalized spacial score (nSPS) is 12.0. The maximum Gasteiger partial charge on any atom is 0.220 e. The van der Waals surface area contributed by atoms with Gasteiger partial charge < -0.3 is 15.2 Å². The van der Waals surface area contributed by atoms with Crippen LogP contribution in [0.5, 0.6) is 11.8 Å². The van der Waals surface area contributed by atoms with Crippen molar-refractivity contribution in [2.75, 3.05) is 20.0 Å². The van der Waals surface area contributed by atoms with E-state index in [9.17, 15) is 4.39 Å². The molecule has 1 aromatic carbocycles. The van der Waals surface area contributed by atoms with E-state index in [2.05, 4.69) is 9.97 Å². The molecule has 2 aromatic rings. The molecule has 0 spiro atoms. The Hall–Kier alpha value is -2.08. The van der Waals surface area contributed by atoms with Crippen LogP contribution >= 0.6 is 11.6 Å². The van der Waals surface area contributed by atoms with E-state index in [-0.39, 0.29) is 5.82 Å². The number of nitrogen functional groups attached to an aromatic ring is 1. The van der Waals surface area contributed by atoms with E-state index in [1.165, 1.54) is 38.5 Å². The highest BCUT2D eigenvalue weighted by atomic mass is 35.5. The highest BCUT2D eigenvalue weighted by molar-refractivity contribution is 6.22. The first-order chi connectivity index (χ1) is 9.55. The molecule has 0 fully saturated rings. The number of benzene rings is 1. The zero-order valence-corrected chi connectivity index (χ0v) is 11.7. The molecule has 1 atom stereocenters. The van der Waals surface area contributed by atoms with Gasteiger partial charge in [-0.1, -0.05) is 0 Å². The first-order valence-corrected chi connectivity index (χ1v) is 6.14. The Morgan fingerprint density at radius 3 is 2.30 bits per heavy atom. The summed E-state index contributed by atoms with van der Waals surface area (Å²) >= 11 is 6.28. The van der Waals surface area contributed by atoms with Crippen molar-refractivity contribution in [1.29, 1.82) is 0 Å². The lowest BCUT2D eigenvalue weighted by Gasteiger charge is -2.13. The highest BCUT2D eigenvalue weighted by Gasteiger charge is 2.19. The van der Waals surface area contributed by atoms with Crippen LogP contribution in [0.3, 0.4) is 0 Å². The molecule has 5 nitrogen and oxygen atoms in total. The summed E-state index contributed by atoms with van der Waals surface area (Å²) in [6, 6.07) is 5.47. The number of anilines is 1. The molecule has 7 heteroatoms. The molecule has 0 radical (unpaired) electrons. The third kappa shape index (κ3) is 2.91. The molecular formula is C13H13ClFN3O2. The van der Waals surface area contributed by atoms with Crippen LogP contribution in [0.2, 0.25) is 0 Å². The number of nitrogens with two attached hydrogens (primary N) is 1. The van der Waals surface area contributed by atoms with Gasteiger partial charge in [-0.25, -0.2) is 4.39 Å². The predicted molar refractivity (Wildman–Crippen MR) is 73.6 cm³/mol. The number of nitrogens with zero attached hydrogens (tertiary/aromatic N) is 2. The van der Waals surface area contributed by atoms with Crippen LogP contribution in [0.25, 0.3) is 0 Å². The molecule has 2 N–H and O–H groups in total. The molecule has 20 heavy (non-hydrogen) atoms. The second-order valence-corrected chi connectivity index (χ2v) is 4.38. The smallest absolute Gasteiger partial charge is 0.220 e. The van der Waals surface area contributed by atoms with Crippen LogP contribution < -0.4 is 15.2 Å². The van der Waals surface area contributed by atoms with Crippen LogP contribution in [-0.2, 0) is 0 Å². The van der Waals surface area contributed by atoms with Gasteiger partial charge in [0.15, 0.2) is 5.82 Å². The predicted octanol–water partition coefficient (Wildman–Crippen LogP) is 2.54. The van der Waals surface area contributed by atoms with E-state index in [1.54, 1.807) is 0 Å². The fraction of sp³-hybridized carbons (Fsp3) is 0.231. The van der Waals surface area contributed by atoms with Crippen molar-refractivity contribution >= 4 is 17.3 Å². The summed E-state index contributed by atoms with van der Waals surface area (Å²) in [5, 5.41) is -0.810. The third-order valence-electron chi connectivity index (χ3n) is 2.66. The van der Waals surface area contributed by atoms with Crippen LogP contribution in [0.15, 0.2) is 24.3 Å². The van der Waals surface area contributed by atoms with E-state index in [0.29, 0.717) is 23.0 Å². The van der Waals surface area contributed by atoms with Crippen molar-refractivity contribution in [3.05, 3.63) is 41.5 Å². The largest absolute Gasteiger partial charge is 0.481 e. The summed E-state index contributed by atoms with van der Waals surface area (Å²) in [5.74, 6) is 0.384. The van der Waals surface area contributed by atoms with Crippen molar-refractivity contribution in [2.24, 2.45) is 0 Å². The first-order valence-electron chi connectivity index (χ1n) is 5.71. The summed E-state index contributed by atoms with van der Waals surface area (Å²) in [4.78, 5) is 8.25. The maximum atomic E-state index is 13.3. The maximum absolute atomic E-state index is 13.3. The average molecular weight is 298 g/mol. The topological polar surface area (TPSA) is 70.3 Å². The standard InChI is InChI=1S/C13H13ClFN3O2/c1-19-10-6-11(20-2)18-13(17-10)12(14)8-5-7(15)3-4-9(8)16/h3-6,12H,16H2,1-2H3. The van der Waals surface area contributed by atoms with Crippen LogP contribution in [0.1, 0.15) is 16.8 Å². The summed E-state index contributed by atoms with van der Waals surface area (Å²) in [5.41, 5.74) is 6.55. The lowest BCUT2D eigenvalue weighted by molar-refractivity contribution is 0.368. The number of hydrogen-bond acceptors (Lipinski definition) is 5. The summed E-state index contributed by atoms with van der Waals surface area (Å²) in [6.07, 6.45) is 0. The van der Waals surface area contributed by atoms with Crippen LogP contribution in [0, 0.1) is 5.82 Å². The lowest BCUT2D eigenvalue weighted by Crippen LogP contribution is -2.06. The Labute approximate surface area is 120 Å². The Bertz CT molecular complexity index is 602. The number of aromatic nitrogens is 2. The Balaban J connectivity index is 2.46. The average Bonchev–Trinajstić information content (AvgIpc) is 2.48. The number of hydrogen-bond donors (Lipinski definition) is 1. The lowest BCUT2D eigenvalue weighted by atomic mass is 10.1. The van der Waals surface area contributed by atoms with E-state index in [0.717, 1.165) is 0 Å². The quantitative estimate of drug-likeness (QED) is 0.693. The molecule has 1 heterocycles. The van der Waals surface area contributed by atoms with Gasteiger partial charge in [0.25, 0.3) is 0 Å². The molecule has 0 saturated heterocycles. The van der Waals surface area contributed by atoms with Crippen molar-refractivity contribution in [3.63, 3.8) is 0 Å². The van der Waals surface area contributed by atoms with E-state index >= 15 is 0 Å². The van der Waals surface area contributed by atoms with Crippen LogP contribution in [0.4, 0.5) is 10.1 Å². The minimum absolute atomic E-state index is 0.222. The molecule has 0 saturated carbocycles. The molecular weight excluding hydrogens is 285 g/mol. The van der Waals surface area contributed by atoms with E-state index in [1.807, 2.05) is 0 Å². The van der Waals surface area contributed by atoms with Crippen molar-refractivity contribution in [1.82, 2.24) is 9.97 Å². The minimum atomic E-state index is -0.810. The van der Waals surface area contributed by atoms with Crippen LogP contribution in [-0.4, -0.2) is 24.2 Å². The number of rotatable bonds is 4. The molecule has 0 aliphatic heterocycles. The molecule has 1 aromatic heterocycles. The second-order valence-electron chi connectivity index (χ2n) is 3.95. The zero-order chi connectivity index (χ0) is 14.7. The first kappa shape index (κ1) is 14.3. The molecule has 1 unspecified atom stereocenters. The van der Waals surface area contributed by atoms with Crippen molar-refractivity contribution in [3.8, 4) is 11.8 Å². The summed E-state index contributed by atoms with van der Waals surface area (Å²) in [6.45, 7) is 0. The zero-order valence-electron chi connectivity index (χ0n) is 10.9. The van der Waals surface area contributed by atoms with Gasteiger partial charge in [-0.2, -0.15) is 9.97 Å². The summed E-state index contributed by atoms with van der Waals surface area (Å²) in [7, 11) is 2.93. The van der Waals surface area contributed by atoms with E-state index in [4.69, 9.17) is 26.8 Å². The molecule has 106 valence electrons. The van der Waals surface area contributed by atoms with E-state index < -0.39 is 11.2 Å². The van der Waals surface area contributed by atoms with Crippen molar-refractivity contribution < 1.29 is 13.9 Å². The van der Waals surface area contributed by atoms with Gasteiger partial charge in [-0.05, 0) is 18.2 Å². The number of halogens is 2. The summed E-state index contributed by atoms with van der Waals surface area (Å²) < 4.78 is 23.4. The molecule has 2 rings (SSSR count). The number of alkyl halides is 1. The van der Waals surface area contributed by atoms with Gasteiger partial charge in [0.05, 0.1) is 20.3 Å². The van der Waals surface area contributed by atoms with Gasteiger partial charge in [0.1, 0.15) is 11.2 Å². The molecule has 0 bridgehead atoms. The number of ether oxygens (including phenoxy) is 2. The van der Waals surface area contributed by atoms with Gasteiger partial charge in [-0.3, -0.25) is 0 Å². The van der Waals surface area contributed by atoms with Gasteiger partial charge in [0.2, 0.25) is 11.8 Å². The molecule has 0 amide bonds. The van der Waals surface area contributed by atoms with Gasteiger partial charge >= 0.3 is 0 Å². The fourth-order valence-electron chi connectivity index (χ4n) is 1.65. The Kier molecular flexibility index (Phi) is 4.24. The minimum Gasteiger partial charge on any atom is -0.481 e. The number of methoxy groups -OCH3 is 2. The SMILES string of the molecule is COc1cc(OC)nc(C(Cl)c2cc(F)ccc2N)n1. The molecule has 0 aliphatic carbocycles. The van der Waals surface area contributed by atoms with Crippen molar-refractivity contribution in [2.45, 2.75) is 5.38 Å². The fourth-order valence-corrected chi connectivity index (χ4v) is 1.93. The highest BCUT2D eigenvalue weighted by Crippen LogP contribution is 2.32. The Morgan fingerprint density at radius 1 is 1.15 bits per heavy atom. The Morgan fingerprint density at radius 2 is 1.75 bits per heavy atom.